The average molecular weight is 358 g/mol. The van der Waals surface area contributed by atoms with Gasteiger partial charge in [0.1, 0.15) is 5.82 Å². The summed E-state index contributed by atoms with van der Waals surface area (Å²) >= 11 is 0. The second-order valence-corrected chi connectivity index (χ2v) is 6.62. The Balaban J connectivity index is 1.38. The molecule has 0 spiro atoms. The maximum absolute atomic E-state index is 13.8. The van der Waals surface area contributed by atoms with Gasteiger partial charge >= 0.3 is 0 Å². The molecule has 0 bridgehead atoms. The number of carbonyl (C=O) groups is 2. The van der Waals surface area contributed by atoms with E-state index in [1.165, 1.54) is 6.07 Å². The molecule has 0 radical (unpaired) electrons. The van der Waals surface area contributed by atoms with E-state index in [9.17, 15) is 14.0 Å². The molecule has 1 aliphatic carbocycles. The number of nitrogens with one attached hydrogen (secondary N) is 3. The normalized spacial score (nSPS) is 18.4. The molecule has 2 unspecified atom stereocenters. The van der Waals surface area contributed by atoms with Gasteiger partial charge in [-0.15, -0.1) is 0 Å². The summed E-state index contributed by atoms with van der Waals surface area (Å²) in [6.45, 7) is 2.41. The van der Waals surface area contributed by atoms with Crippen molar-refractivity contribution in [1.29, 1.82) is 0 Å². The SMILES string of the molecule is CCc1ccc(C(=O)NC2CC2CNC(=O)CCc2cnc[nH]2)cc1F. The third-order valence-corrected chi connectivity index (χ3v) is 4.67. The maximum Gasteiger partial charge on any atom is 0.251 e. The Bertz CT molecular complexity index is 776. The van der Waals surface area contributed by atoms with Gasteiger partial charge in [-0.25, -0.2) is 9.37 Å². The molecule has 2 aromatic rings. The summed E-state index contributed by atoms with van der Waals surface area (Å²) in [5.74, 6) is -0.412. The summed E-state index contributed by atoms with van der Waals surface area (Å²) < 4.78 is 13.8. The van der Waals surface area contributed by atoms with Gasteiger partial charge in [-0.2, -0.15) is 0 Å². The molecule has 2 atom stereocenters. The fraction of sp³-hybridized carbons (Fsp3) is 0.421. The lowest BCUT2D eigenvalue weighted by Crippen LogP contribution is -2.31. The van der Waals surface area contributed by atoms with E-state index in [4.69, 9.17) is 0 Å². The molecular formula is C19H23FN4O2. The van der Waals surface area contributed by atoms with Crippen LogP contribution in [-0.2, 0) is 17.6 Å². The predicted molar refractivity (Wildman–Crippen MR) is 95.1 cm³/mol. The molecule has 3 N–H and O–H groups in total. The molecule has 1 saturated carbocycles. The molecule has 1 aromatic carbocycles. The molecular weight excluding hydrogens is 335 g/mol. The monoisotopic (exact) mass is 358 g/mol. The summed E-state index contributed by atoms with van der Waals surface area (Å²) in [6, 6.07) is 4.60. The van der Waals surface area contributed by atoms with Crippen LogP contribution in [-0.4, -0.2) is 34.4 Å². The van der Waals surface area contributed by atoms with Crippen LogP contribution < -0.4 is 10.6 Å². The van der Waals surface area contributed by atoms with Crippen molar-refractivity contribution in [1.82, 2.24) is 20.6 Å². The van der Waals surface area contributed by atoms with Crippen molar-refractivity contribution in [2.75, 3.05) is 6.54 Å². The number of benzene rings is 1. The first-order valence-corrected chi connectivity index (χ1v) is 8.90. The molecule has 1 heterocycles. The Labute approximate surface area is 151 Å². The van der Waals surface area contributed by atoms with Crippen molar-refractivity contribution in [3.63, 3.8) is 0 Å². The number of hydrogen-bond acceptors (Lipinski definition) is 3. The van der Waals surface area contributed by atoms with Crippen molar-refractivity contribution in [3.05, 3.63) is 53.4 Å². The number of halogens is 1. The lowest BCUT2D eigenvalue weighted by molar-refractivity contribution is -0.121. The Hall–Kier alpha value is -2.70. The number of rotatable bonds is 8. The molecule has 1 fully saturated rings. The van der Waals surface area contributed by atoms with Gasteiger partial charge in [0.15, 0.2) is 0 Å². The maximum atomic E-state index is 13.8. The molecule has 26 heavy (non-hydrogen) atoms. The van der Waals surface area contributed by atoms with Crippen LogP contribution in [0.3, 0.4) is 0 Å². The number of hydrogen-bond donors (Lipinski definition) is 3. The molecule has 1 aromatic heterocycles. The summed E-state index contributed by atoms with van der Waals surface area (Å²) in [5, 5.41) is 5.78. The zero-order valence-electron chi connectivity index (χ0n) is 14.7. The Morgan fingerprint density at radius 3 is 2.92 bits per heavy atom. The fourth-order valence-electron chi connectivity index (χ4n) is 2.88. The molecule has 2 amide bonds. The van der Waals surface area contributed by atoms with E-state index in [1.807, 2.05) is 6.92 Å². The van der Waals surface area contributed by atoms with Crippen LogP contribution in [0.25, 0.3) is 0 Å². The van der Waals surface area contributed by atoms with Crippen LogP contribution in [0.15, 0.2) is 30.7 Å². The number of amides is 2. The van der Waals surface area contributed by atoms with Gasteiger partial charge in [0.2, 0.25) is 5.91 Å². The molecule has 0 saturated heterocycles. The summed E-state index contributed by atoms with van der Waals surface area (Å²) in [5.41, 5.74) is 1.86. The first-order valence-electron chi connectivity index (χ1n) is 8.90. The second kappa shape index (κ2) is 8.12. The van der Waals surface area contributed by atoms with E-state index in [0.717, 1.165) is 12.1 Å². The third kappa shape index (κ3) is 4.68. The van der Waals surface area contributed by atoms with E-state index in [0.29, 0.717) is 36.9 Å². The molecule has 3 rings (SSSR count). The van der Waals surface area contributed by atoms with E-state index in [1.54, 1.807) is 24.7 Å². The number of aromatic amines is 1. The Kier molecular flexibility index (Phi) is 5.65. The molecule has 0 aliphatic heterocycles. The highest BCUT2D eigenvalue weighted by Gasteiger charge is 2.38. The number of carbonyl (C=O) groups excluding carboxylic acids is 2. The average Bonchev–Trinajstić information content (AvgIpc) is 3.15. The van der Waals surface area contributed by atoms with Crippen molar-refractivity contribution in [2.45, 2.75) is 38.6 Å². The smallest absolute Gasteiger partial charge is 0.251 e. The fourth-order valence-corrected chi connectivity index (χ4v) is 2.88. The van der Waals surface area contributed by atoms with Crippen LogP contribution >= 0.6 is 0 Å². The van der Waals surface area contributed by atoms with Gasteiger partial charge in [-0.3, -0.25) is 9.59 Å². The summed E-state index contributed by atoms with van der Waals surface area (Å²) in [4.78, 5) is 30.9. The van der Waals surface area contributed by atoms with Gasteiger partial charge in [0.05, 0.1) is 6.33 Å². The summed E-state index contributed by atoms with van der Waals surface area (Å²) in [7, 11) is 0. The number of nitrogens with zero attached hydrogens (tertiary/aromatic N) is 1. The zero-order chi connectivity index (χ0) is 18.5. The van der Waals surface area contributed by atoms with E-state index in [-0.39, 0.29) is 29.6 Å². The van der Waals surface area contributed by atoms with Crippen LogP contribution in [0.1, 0.15) is 41.4 Å². The highest BCUT2D eigenvalue weighted by Crippen LogP contribution is 2.29. The molecule has 7 heteroatoms. The standard InChI is InChI=1S/C19H23FN4O2/c1-2-12-3-4-13(7-16(12)20)19(26)24-17-8-14(17)9-22-18(25)6-5-15-10-21-11-23-15/h3-4,7,10-11,14,17H,2,5-6,8-9H2,1H3,(H,21,23)(H,22,25)(H,24,26). The van der Waals surface area contributed by atoms with Crippen molar-refractivity contribution >= 4 is 11.8 Å². The highest BCUT2D eigenvalue weighted by molar-refractivity contribution is 5.94. The number of imidazole rings is 1. The van der Waals surface area contributed by atoms with Crippen LogP contribution in [0, 0.1) is 11.7 Å². The van der Waals surface area contributed by atoms with Crippen LogP contribution in [0.2, 0.25) is 0 Å². The van der Waals surface area contributed by atoms with E-state index >= 15 is 0 Å². The topological polar surface area (TPSA) is 86.9 Å². The lowest BCUT2D eigenvalue weighted by Gasteiger charge is -2.07. The number of aromatic nitrogens is 2. The largest absolute Gasteiger partial charge is 0.356 e. The summed E-state index contributed by atoms with van der Waals surface area (Å²) in [6.07, 6.45) is 5.73. The molecule has 1 aliphatic rings. The zero-order valence-corrected chi connectivity index (χ0v) is 14.7. The Morgan fingerprint density at radius 1 is 1.38 bits per heavy atom. The minimum absolute atomic E-state index is 0.0196. The minimum Gasteiger partial charge on any atom is -0.356 e. The van der Waals surface area contributed by atoms with Crippen LogP contribution in [0.4, 0.5) is 4.39 Å². The lowest BCUT2D eigenvalue weighted by atomic mass is 10.1. The first-order chi connectivity index (χ1) is 12.6. The van der Waals surface area contributed by atoms with Crippen molar-refractivity contribution < 1.29 is 14.0 Å². The quantitative estimate of drug-likeness (QED) is 0.674. The Morgan fingerprint density at radius 2 is 2.23 bits per heavy atom. The minimum atomic E-state index is -0.350. The highest BCUT2D eigenvalue weighted by atomic mass is 19.1. The molecule has 138 valence electrons. The molecule has 6 nitrogen and oxygen atoms in total. The third-order valence-electron chi connectivity index (χ3n) is 4.67. The van der Waals surface area contributed by atoms with Crippen LogP contribution in [0.5, 0.6) is 0 Å². The van der Waals surface area contributed by atoms with Gasteiger partial charge in [0.25, 0.3) is 5.91 Å². The number of H-pyrrole nitrogens is 1. The van der Waals surface area contributed by atoms with E-state index < -0.39 is 0 Å². The van der Waals surface area contributed by atoms with E-state index in [2.05, 4.69) is 20.6 Å². The number of aryl methyl sites for hydroxylation is 2. The first kappa shape index (κ1) is 18.1. The van der Waals surface area contributed by atoms with Gasteiger partial charge in [0, 0.05) is 36.5 Å². The van der Waals surface area contributed by atoms with Crippen molar-refractivity contribution in [2.24, 2.45) is 5.92 Å². The van der Waals surface area contributed by atoms with Gasteiger partial charge in [-0.05, 0) is 42.9 Å². The van der Waals surface area contributed by atoms with Gasteiger partial charge < -0.3 is 15.6 Å². The second-order valence-electron chi connectivity index (χ2n) is 6.62. The van der Waals surface area contributed by atoms with Gasteiger partial charge in [-0.1, -0.05) is 13.0 Å². The van der Waals surface area contributed by atoms with Crippen molar-refractivity contribution in [3.8, 4) is 0 Å². The predicted octanol–water partition coefficient (Wildman–Crippen LogP) is 1.98.